The number of amides is 1. The first kappa shape index (κ1) is 18.7. The Morgan fingerprint density at radius 1 is 1.16 bits per heavy atom. The summed E-state index contributed by atoms with van der Waals surface area (Å²) < 4.78 is 17.9. The second-order valence-electron chi connectivity index (χ2n) is 5.49. The van der Waals surface area contributed by atoms with E-state index in [4.69, 9.17) is 4.74 Å². The average molecular weight is 349 g/mol. The molecule has 2 aromatic carbocycles. The van der Waals surface area contributed by atoms with Crippen LogP contribution in [0.1, 0.15) is 23.7 Å². The van der Waals surface area contributed by atoms with Crippen LogP contribution in [0, 0.1) is 5.82 Å². The smallest absolute Gasteiger partial charge is 0.407 e. The third-order valence-corrected chi connectivity index (χ3v) is 3.60. The number of aliphatic hydroxyl groups is 2. The Balaban J connectivity index is 1.74. The fourth-order valence-corrected chi connectivity index (χ4v) is 2.23. The zero-order valence-electron chi connectivity index (χ0n) is 13.4. The van der Waals surface area contributed by atoms with Gasteiger partial charge in [0.05, 0.1) is 6.10 Å². The molecular weight excluding hydrogens is 329 g/mol. The van der Waals surface area contributed by atoms with E-state index in [0.717, 1.165) is 17.7 Å². The van der Waals surface area contributed by atoms with Gasteiger partial charge in [-0.1, -0.05) is 30.3 Å². The number of aliphatic hydroxyl groups excluding tert-OH is 2. The molecule has 0 aliphatic rings. The summed E-state index contributed by atoms with van der Waals surface area (Å²) in [5, 5.41) is 32.0. The molecule has 2 unspecified atom stereocenters. The topological polar surface area (TPSA) is 99.0 Å². The molecular formula is C18H20FNO5. The molecule has 134 valence electrons. The van der Waals surface area contributed by atoms with Crippen molar-refractivity contribution >= 4 is 6.09 Å². The van der Waals surface area contributed by atoms with Gasteiger partial charge in [-0.15, -0.1) is 0 Å². The second-order valence-corrected chi connectivity index (χ2v) is 5.49. The predicted octanol–water partition coefficient (Wildman–Crippen LogP) is 2.24. The number of carbonyl (C=O) groups is 1. The molecule has 25 heavy (non-hydrogen) atoms. The van der Waals surface area contributed by atoms with Crippen molar-refractivity contribution < 1.29 is 29.2 Å². The number of halogens is 1. The number of hydrogen-bond donors (Lipinski definition) is 4. The van der Waals surface area contributed by atoms with Crippen LogP contribution in [0.5, 0.6) is 5.75 Å². The molecule has 0 aliphatic carbocycles. The van der Waals surface area contributed by atoms with Gasteiger partial charge in [-0.2, -0.15) is 0 Å². The Bertz CT molecular complexity index is 695. The molecule has 0 aliphatic heterocycles. The molecule has 0 saturated carbocycles. The number of alkyl carbamates (subject to hydrolysis) is 1. The maximum Gasteiger partial charge on any atom is 0.407 e. The highest BCUT2D eigenvalue weighted by atomic mass is 19.1. The monoisotopic (exact) mass is 349 g/mol. The van der Waals surface area contributed by atoms with Gasteiger partial charge in [-0.25, -0.2) is 9.18 Å². The molecule has 4 N–H and O–H groups in total. The molecule has 2 rings (SSSR count). The predicted molar refractivity (Wildman–Crippen MR) is 88.3 cm³/mol. The number of benzene rings is 2. The third kappa shape index (κ3) is 5.74. The summed E-state index contributed by atoms with van der Waals surface area (Å²) in [4.78, 5) is 11.6. The Kier molecular flexibility index (Phi) is 6.73. The van der Waals surface area contributed by atoms with Crippen molar-refractivity contribution in [3.8, 4) is 5.75 Å². The molecule has 0 heterocycles. The van der Waals surface area contributed by atoms with Gasteiger partial charge in [0.1, 0.15) is 24.3 Å². The van der Waals surface area contributed by atoms with E-state index in [1.54, 1.807) is 0 Å². The summed E-state index contributed by atoms with van der Waals surface area (Å²) in [5.41, 5.74) is 0.862. The molecule has 0 spiro atoms. The number of ether oxygens (including phenoxy) is 1. The lowest BCUT2D eigenvalue weighted by Crippen LogP contribution is -2.29. The van der Waals surface area contributed by atoms with E-state index < -0.39 is 29.9 Å². The van der Waals surface area contributed by atoms with E-state index >= 15 is 0 Å². The molecule has 2 atom stereocenters. The first-order valence-corrected chi connectivity index (χ1v) is 7.76. The zero-order chi connectivity index (χ0) is 18.2. The SMILES string of the molecule is O=C(NCCC(O)C(O)c1ccc(F)cc1O)OCc1ccccc1. The van der Waals surface area contributed by atoms with Crippen LogP contribution in [-0.2, 0) is 11.3 Å². The van der Waals surface area contributed by atoms with Crippen LogP contribution in [0.3, 0.4) is 0 Å². The van der Waals surface area contributed by atoms with Gasteiger partial charge < -0.3 is 25.4 Å². The van der Waals surface area contributed by atoms with E-state index in [0.29, 0.717) is 0 Å². The summed E-state index contributed by atoms with van der Waals surface area (Å²) >= 11 is 0. The van der Waals surface area contributed by atoms with Crippen molar-refractivity contribution in [2.24, 2.45) is 0 Å². The van der Waals surface area contributed by atoms with Crippen LogP contribution < -0.4 is 5.32 Å². The highest BCUT2D eigenvalue weighted by Crippen LogP contribution is 2.27. The number of rotatable bonds is 7. The Hall–Kier alpha value is -2.64. The lowest BCUT2D eigenvalue weighted by atomic mass is 10.0. The van der Waals surface area contributed by atoms with Crippen LogP contribution in [0.4, 0.5) is 9.18 Å². The van der Waals surface area contributed by atoms with Gasteiger partial charge in [-0.3, -0.25) is 0 Å². The van der Waals surface area contributed by atoms with Gasteiger partial charge in [0.2, 0.25) is 0 Å². The van der Waals surface area contributed by atoms with Gasteiger partial charge in [-0.05, 0) is 24.1 Å². The number of carbonyl (C=O) groups excluding carboxylic acids is 1. The average Bonchev–Trinajstić information content (AvgIpc) is 2.60. The van der Waals surface area contributed by atoms with Crippen LogP contribution in [-0.4, -0.2) is 34.1 Å². The molecule has 0 aromatic heterocycles. The number of phenolic OH excluding ortho intramolecular Hbond substituents is 1. The van der Waals surface area contributed by atoms with Gasteiger partial charge in [0.15, 0.2) is 0 Å². The van der Waals surface area contributed by atoms with E-state index in [1.165, 1.54) is 6.07 Å². The number of nitrogens with one attached hydrogen (secondary N) is 1. The van der Waals surface area contributed by atoms with Crippen molar-refractivity contribution in [3.63, 3.8) is 0 Å². The first-order chi connectivity index (χ1) is 12.0. The highest BCUT2D eigenvalue weighted by Gasteiger charge is 2.21. The lowest BCUT2D eigenvalue weighted by molar-refractivity contribution is 0.0123. The maximum atomic E-state index is 12.9. The first-order valence-electron chi connectivity index (χ1n) is 7.76. The lowest BCUT2D eigenvalue weighted by Gasteiger charge is -2.19. The molecule has 6 nitrogen and oxygen atoms in total. The van der Waals surface area contributed by atoms with Gasteiger partial charge in [0, 0.05) is 18.2 Å². The Labute approximate surface area is 144 Å². The standard InChI is InChI=1S/C18H20FNO5/c19-13-6-7-14(16(22)10-13)17(23)15(21)8-9-20-18(24)25-11-12-4-2-1-3-5-12/h1-7,10,15,17,21-23H,8-9,11H2,(H,20,24). The van der Waals surface area contributed by atoms with Crippen molar-refractivity contribution in [1.82, 2.24) is 5.32 Å². The van der Waals surface area contributed by atoms with Crippen molar-refractivity contribution in [1.29, 1.82) is 0 Å². The van der Waals surface area contributed by atoms with E-state index in [1.807, 2.05) is 30.3 Å². The minimum atomic E-state index is -1.40. The molecule has 1 amide bonds. The van der Waals surface area contributed by atoms with Crippen LogP contribution in [0.25, 0.3) is 0 Å². The van der Waals surface area contributed by atoms with Crippen molar-refractivity contribution in [2.75, 3.05) is 6.54 Å². The third-order valence-electron chi connectivity index (χ3n) is 3.60. The molecule has 2 aromatic rings. The largest absolute Gasteiger partial charge is 0.507 e. The molecule has 0 bridgehead atoms. The second kappa shape index (κ2) is 9.00. The number of aromatic hydroxyl groups is 1. The zero-order valence-corrected chi connectivity index (χ0v) is 13.4. The van der Waals surface area contributed by atoms with Crippen LogP contribution in [0.2, 0.25) is 0 Å². The molecule has 0 fully saturated rings. The van der Waals surface area contributed by atoms with E-state index in [-0.39, 0.29) is 25.1 Å². The number of phenols is 1. The van der Waals surface area contributed by atoms with E-state index in [2.05, 4.69) is 5.32 Å². The minimum absolute atomic E-state index is 0.0144. The fraction of sp³-hybridized carbons (Fsp3) is 0.278. The maximum absolute atomic E-state index is 12.9. The van der Waals surface area contributed by atoms with Crippen LogP contribution >= 0.6 is 0 Å². The Morgan fingerprint density at radius 2 is 1.88 bits per heavy atom. The van der Waals surface area contributed by atoms with Crippen molar-refractivity contribution in [2.45, 2.75) is 25.2 Å². The van der Waals surface area contributed by atoms with Crippen molar-refractivity contribution in [3.05, 3.63) is 65.5 Å². The molecule has 0 radical (unpaired) electrons. The Morgan fingerprint density at radius 3 is 2.56 bits per heavy atom. The quantitative estimate of drug-likeness (QED) is 0.614. The summed E-state index contributed by atoms with van der Waals surface area (Å²) in [6, 6.07) is 12.3. The summed E-state index contributed by atoms with van der Waals surface area (Å²) in [6.45, 7) is 0.190. The minimum Gasteiger partial charge on any atom is -0.507 e. The highest BCUT2D eigenvalue weighted by molar-refractivity contribution is 5.67. The fourth-order valence-electron chi connectivity index (χ4n) is 2.23. The van der Waals surface area contributed by atoms with E-state index in [9.17, 15) is 24.5 Å². The molecule has 7 heteroatoms. The van der Waals surface area contributed by atoms with Gasteiger partial charge in [0.25, 0.3) is 0 Å². The molecule has 0 saturated heterocycles. The van der Waals surface area contributed by atoms with Crippen LogP contribution in [0.15, 0.2) is 48.5 Å². The summed E-state index contributed by atoms with van der Waals surface area (Å²) in [6.07, 6.45) is -3.26. The van der Waals surface area contributed by atoms with Gasteiger partial charge >= 0.3 is 6.09 Å². The normalized spacial score (nSPS) is 13.1. The summed E-state index contributed by atoms with van der Waals surface area (Å²) in [7, 11) is 0. The summed E-state index contributed by atoms with van der Waals surface area (Å²) in [5.74, 6) is -1.09. The number of hydrogen-bond acceptors (Lipinski definition) is 5.